The first-order valence-electron chi connectivity index (χ1n) is 8.92. The van der Waals surface area contributed by atoms with E-state index in [1.54, 1.807) is 0 Å². The van der Waals surface area contributed by atoms with E-state index < -0.39 is 0 Å². The molecule has 2 heterocycles. The number of anilines is 1. The lowest BCUT2D eigenvalue weighted by molar-refractivity contribution is 0.419. The third-order valence-electron chi connectivity index (χ3n) is 4.75. The summed E-state index contributed by atoms with van der Waals surface area (Å²) in [6, 6.07) is 15.3. The number of nitrogens with one attached hydrogen (secondary N) is 2. The van der Waals surface area contributed by atoms with Crippen LogP contribution < -0.4 is 16.4 Å². The van der Waals surface area contributed by atoms with Gasteiger partial charge in [0.25, 0.3) is 0 Å². The molecule has 4 N–H and O–H groups in total. The molecule has 0 radical (unpaired) electrons. The normalized spacial score (nSPS) is 20.4. The van der Waals surface area contributed by atoms with Gasteiger partial charge in [-0.05, 0) is 68.5 Å². The molecule has 24 heavy (non-hydrogen) atoms. The maximum Gasteiger partial charge on any atom is 0.123 e. The molecule has 2 atom stereocenters. The van der Waals surface area contributed by atoms with Gasteiger partial charge in [0.05, 0.1) is 0 Å². The highest BCUT2D eigenvalue weighted by Gasteiger charge is 2.26. The molecule has 4 nitrogen and oxygen atoms in total. The molecule has 0 unspecified atom stereocenters. The molecule has 1 aromatic carbocycles. The monoisotopic (exact) mass is 324 g/mol. The predicted molar refractivity (Wildman–Crippen MR) is 100 cm³/mol. The second-order valence-electron chi connectivity index (χ2n) is 6.83. The van der Waals surface area contributed by atoms with Crippen LogP contribution >= 0.6 is 0 Å². The van der Waals surface area contributed by atoms with Crippen LogP contribution in [0.4, 0.5) is 5.82 Å². The molecular formula is C20H28N4. The van der Waals surface area contributed by atoms with E-state index in [0.29, 0.717) is 17.8 Å². The van der Waals surface area contributed by atoms with Crippen LogP contribution in [0.15, 0.2) is 42.5 Å². The van der Waals surface area contributed by atoms with Crippen LogP contribution in [0.25, 0.3) is 0 Å². The second kappa shape index (κ2) is 8.27. The quantitative estimate of drug-likeness (QED) is 0.684. The molecule has 4 heteroatoms. The number of nitrogen functional groups attached to an aromatic ring is 1. The van der Waals surface area contributed by atoms with Crippen LogP contribution in [0.1, 0.15) is 23.2 Å². The van der Waals surface area contributed by atoms with Gasteiger partial charge in [0.1, 0.15) is 5.82 Å². The Balaban J connectivity index is 1.46. The highest BCUT2D eigenvalue weighted by molar-refractivity contribution is 5.34. The van der Waals surface area contributed by atoms with Gasteiger partial charge in [0.2, 0.25) is 0 Å². The third-order valence-corrected chi connectivity index (χ3v) is 4.75. The standard InChI is InChI=1S/C20H28N4/c1-15-10-18(24-20(21)11-15)12-17-13-22-14-19(17)23-9-5-8-16-6-3-2-4-7-16/h2-4,6-7,10-11,17,19,22-23H,5,8-9,12-14H2,1H3,(H2,21,24)/t17-,19-/m0/s1. The minimum absolute atomic E-state index is 0.518. The zero-order valence-electron chi connectivity index (χ0n) is 14.5. The van der Waals surface area contributed by atoms with Crippen molar-refractivity contribution in [1.29, 1.82) is 0 Å². The van der Waals surface area contributed by atoms with Gasteiger partial charge in [-0.2, -0.15) is 0 Å². The number of rotatable bonds is 7. The van der Waals surface area contributed by atoms with E-state index in [4.69, 9.17) is 5.73 Å². The molecule has 0 spiro atoms. The van der Waals surface area contributed by atoms with Gasteiger partial charge < -0.3 is 16.4 Å². The highest BCUT2D eigenvalue weighted by Crippen LogP contribution is 2.17. The Hall–Kier alpha value is -1.91. The molecule has 1 aliphatic rings. The molecule has 0 aliphatic carbocycles. The minimum atomic E-state index is 0.518. The zero-order chi connectivity index (χ0) is 16.8. The average Bonchev–Trinajstić information content (AvgIpc) is 2.99. The summed E-state index contributed by atoms with van der Waals surface area (Å²) in [5.74, 6) is 1.21. The van der Waals surface area contributed by atoms with Crippen molar-refractivity contribution in [3.05, 3.63) is 59.3 Å². The molecule has 1 aromatic heterocycles. The fourth-order valence-electron chi connectivity index (χ4n) is 3.55. The number of hydrogen-bond donors (Lipinski definition) is 3. The van der Waals surface area contributed by atoms with E-state index in [1.807, 2.05) is 6.07 Å². The minimum Gasteiger partial charge on any atom is -0.384 e. The summed E-state index contributed by atoms with van der Waals surface area (Å²) in [7, 11) is 0. The van der Waals surface area contributed by atoms with Crippen molar-refractivity contribution in [3.63, 3.8) is 0 Å². The highest BCUT2D eigenvalue weighted by atomic mass is 15.0. The molecule has 1 aliphatic heterocycles. The summed E-state index contributed by atoms with van der Waals surface area (Å²) in [4.78, 5) is 4.49. The number of aryl methyl sites for hydroxylation is 2. The number of nitrogens with two attached hydrogens (primary N) is 1. The molecule has 0 amide bonds. The molecular weight excluding hydrogens is 296 g/mol. The van der Waals surface area contributed by atoms with Crippen LogP contribution in [0.3, 0.4) is 0 Å². The SMILES string of the molecule is Cc1cc(N)nc(C[C@H]2CNC[C@@H]2NCCCc2ccccc2)c1. The van der Waals surface area contributed by atoms with Crippen molar-refractivity contribution in [2.45, 2.75) is 32.2 Å². The van der Waals surface area contributed by atoms with Gasteiger partial charge in [0, 0.05) is 18.3 Å². The van der Waals surface area contributed by atoms with E-state index in [2.05, 4.69) is 58.9 Å². The zero-order valence-corrected chi connectivity index (χ0v) is 14.5. The van der Waals surface area contributed by atoms with Gasteiger partial charge >= 0.3 is 0 Å². The first kappa shape index (κ1) is 16.9. The number of aromatic nitrogens is 1. The Kier molecular flexibility index (Phi) is 5.83. The van der Waals surface area contributed by atoms with E-state index >= 15 is 0 Å². The topological polar surface area (TPSA) is 63.0 Å². The van der Waals surface area contributed by atoms with Crippen LogP contribution in [0, 0.1) is 12.8 Å². The largest absolute Gasteiger partial charge is 0.384 e. The molecule has 2 aromatic rings. The summed E-state index contributed by atoms with van der Waals surface area (Å²) in [6.07, 6.45) is 3.28. The predicted octanol–water partition coefficient (Wildman–Crippen LogP) is 2.33. The summed E-state index contributed by atoms with van der Waals surface area (Å²) < 4.78 is 0. The number of nitrogens with zero attached hydrogens (tertiary/aromatic N) is 1. The fourth-order valence-corrected chi connectivity index (χ4v) is 3.55. The van der Waals surface area contributed by atoms with Crippen molar-refractivity contribution in [2.24, 2.45) is 5.92 Å². The second-order valence-corrected chi connectivity index (χ2v) is 6.83. The van der Waals surface area contributed by atoms with Gasteiger partial charge in [-0.3, -0.25) is 0 Å². The van der Waals surface area contributed by atoms with Gasteiger partial charge in [-0.25, -0.2) is 4.98 Å². The molecule has 0 saturated carbocycles. The third kappa shape index (κ3) is 4.79. The van der Waals surface area contributed by atoms with E-state index in [-0.39, 0.29) is 0 Å². The van der Waals surface area contributed by atoms with Crippen molar-refractivity contribution in [2.75, 3.05) is 25.4 Å². The van der Waals surface area contributed by atoms with Crippen LogP contribution in [0.2, 0.25) is 0 Å². The van der Waals surface area contributed by atoms with Crippen LogP contribution in [0.5, 0.6) is 0 Å². The molecule has 128 valence electrons. The van der Waals surface area contributed by atoms with Crippen molar-refractivity contribution >= 4 is 5.82 Å². The molecule has 3 rings (SSSR count). The van der Waals surface area contributed by atoms with E-state index in [9.17, 15) is 0 Å². The number of pyridine rings is 1. The Morgan fingerprint density at radius 3 is 2.83 bits per heavy atom. The summed E-state index contributed by atoms with van der Waals surface area (Å²) >= 11 is 0. The number of benzene rings is 1. The first-order chi connectivity index (χ1) is 11.7. The maximum absolute atomic E-state index is 5.88. The lowest BCUT2D eigenvalue weighted by atomic mass is 9.96. The lowest BCUT2D eigenvalue weighted by Gasteiger charge is -2.20. The van der Waals surface area contributed by atoms with Crippen LogP contribution in [-0.4, -0.2) is 30.7 Å². The maximum atomic E-state index is 5.88. The Bertz CT molecular complexity index is 621. The molecule has 0 bridgehead atoms. The summed E-state index contributed by atoms with van der Waals surface area (Å²) in [5, 5.41) is 7.24. The fraction of sp³-hybridized carbons (Fsp3) is 0.450. The van der Waals surface area contributed by atoms with E-state index in [0.717, 1.165) is 38.2 Å². The van der Waals surface area contributed by atoms with E-state index in [1.165, 1.54) is 17.5 Å². The van der Waals surface area contributed by atoms with Gasteiger partial charge in [-0.1, -0.05) is 30.3 Å². The van der Waals surface area contributed by atoms with Crippen LogP contribution in [-0.2, 0) is 12.8 Å². The van der Waals surface area contributed by atoms with Gasteiger partial charge in [-0.15, -0.1) is 0 Å². The van der Waals surface area contributed by atoms with Crippen molar-refractivity contribution < 1.29 is 0 Å². The Morgan fingerprint density at radius 2 is 2.04 bits per heavy atom. The van der Waals surface area contributed by atoms with Crippen molar-refractivity contribution in [1.82, 2.24) is 15.6 Å². The Morgan fingerprint density at radius 1 is 1.21 bits per heavy atom. The number of hydrogen-bond acceptors (Lipinski definition) is 4. The lowest BCUT2D eigenvalue weighted by Crippen LogP contribution is -2.37. The average molecular weight is 324 g/mol. The molecule has 1 fully saturated rings. The smallest absolute Gasteiger partial charge is 0.123 e. The Labute approximate surface area is 144 Å². The van der Waals surface area contributed by atoms with Gasteiger partial charge in [0.15, 0.2) is 0 Å². The summed E-state index contributed by atoms with van der Waals surface area (Å²) in [5.41, 5.74) is 9.60. The van der Waals surface area contributed by atoms with Crippen molar-refractivity contribution in [3.8, 4) is 0 Å². The first-order valence-corrected chi connectivity index (χ1v) is 8.92. The summed E-state index contributed by atoms with van der Waals surface area (Å²) in [6.45, 7) is 5.22. The molecule has 1 saturated heterocycles.